The van der Waals surface area contributed by atoms with Crippen LogP contribution in [-0.2, 0) is 11.2 Å². The summed E-state index contributed by atoms with van der Waals surface area (Å²) < 4.78 is 14.2. The van der Waals surface area contributed by atoms with Crippen molar-refractivity contribution in [1.29, 1.82) is 0 Å². The third-order valence-corrected chi connectivity index (χ3v) is 4.22. The van der Waals surface area contributed by atoms with Crippen LogP contribution < -0.4 is 5.32 Å². The van der Waals surface area contributed by atoms with Crippen LogP contribution in [0.3, 0.4) is 0 Å². The van der Waals surface area contributed by atoms with Crippen LogP contribution in [0, 0.1) is 12.7 Å². The molecule has 1 N–H and O–H groups in total. The Kier molecular flexibility index (Phi) is 4.60. The molecule has 24 heavy (non-hydrogen) atoms. The molecule has 5 heteroatoms. The van der Waals surface area contributed by atoms with Gasteiger partial charge in [-0.1, -0.05) is 36.4 Å². The predicted molar refractivity (Wildman–Crippen MR) is 89.1 cm³/mol. The van der Waals surface area contributed by atoms with Crippen molar-refractivity contribution in [2.45, 2.75) is 19.4 Å². The van der Waals surface area contributed by atoms with E-state index in [-0.39, 0.29) is 11.5 Å². The Morgan fingerprint density at radius 1 is 1.25 bits per heavy atom. The molecule has 1 atom stereocenters. The topological polar surface area (TPSA) is 49.4 Å². The zero-order valence-corrected chi connectivity index (χ0v) is 13.5. The summed E-state index contributed by atoms with van der Waals surface area (Å²) >= 11 is 0. The van der Waals surface area contributed by atoms with Crippen LogP contribution >= 0.6 is 0 Å². The number of hydrogen-bond acceptors (Lipinski definition) is 2. The van der Waals surface area contributed by atoms with Crippen LogP contribution in [0.25, 0.3) is 0 Å². The van der Waals surface area contributed by atoms with Crippen molar-refractivity contribution in [3.63, 3.8) is 0 Å². The summed E-state index contributed by atoms with van der Waals surface area (Å²) in [6.45, 7) is 2.52. The van der Waals surface area contributed by atoms with Crippen molar-refractivity contribution >= 4 is 11.8 Å². The van der Waals surface area contributed by atoms with E-state index in [0.717, 1.165) is 11.1 Å². The van der Waals surface area contributed by atoms with E-state index in [0.29, 0.717) is 19.5 Å². The molecule has 0 saturated carbocycles. The number of benzene rings is 2. The summed E-state index contributed by atoms with van der Waals surface area (Å²) in [5, 5.41) is 2.79. The molecule has 1 fully saturated rings. The summed E-state index contributed by atoms with van der Waals surface area (Å²) in [6.07, 6.45) is 0.409. The number of aryl methyl sites for hydroxylation is 1. The summed E-state index contributed by atoms with van der Waals surface area (Å²) in [7, 11) is 0. The van der Waals surface area contributed by atoms with E-state index in [2.05, 4.69) is 5.32 Å². The van der Waals surface area contributed by atoms with Gasteiger partial charge in [-0.2, -0.15) is 0 Å². The average Bonchev–Trinajstić information content (AvgIpc) is 2.57. The fourth-order valence-corrected chi connectivity index (χ4v) is 2.95. The molecular formula is C19H19FN2O2. The molecule has 4 nitrogen and oxygen atoms in total. The third kappa shape index (κ3) is 3.30. The predicted octanol–water partition coefficient (Wildman–Crippen LogP) is 2.32. The highest BCUT2D eigenvalue weighted by atomic mass is 19.1. The van der Waals surface area contributed by atoms with Gasteiger partial charge in [0.05, 0.1) is 5.56 Å². The van der Waals surface area contributed by atoms with Crippen LogP contribution in [0.4, 0.5) is 4.39 Å². The Morgan fingerprint density at radius 2 is 2.00 bits per heavy atom. The first-order valence-electron chi connectivity index (χ1n) is 7.95. The Hall–Kier alpha value is -2.69. The Labute approximate surface area is 140 Å². The van der Waals surface area contributed by atoms with Gasteiger partial charge in [0, 0.05) is 19.5 Å². The van der Waals surface area contributed by atoms with Crippen LogP contribution in [0.5, 0.6) is 0 Å². The lowest BCUT2D eigenvalue weighted by Crippen LogP contribution is -2.58. The Balaban J connectivity index is 1.88. The van der Waals surface area contributed by atoms with E-state index in [1.54, 1.807) is 13.0 Å². The Morgan fingerprint density at radius 3 is 2.71 bits per heavy atom. The van der Waals surface area contributed by atoms with Gasteiger partial charge in [-0.15, -0.1) is 0 Å². The first-order valence-corrected chi connectivity index (χ1v) is 7.95. The van der Waals surface area contributed by atoms with Crippen LogP contribution in [0.1, 0.15) is 21.5 Å². The minimum atomic E-state index is -0.630. The van der Waals surface area contributed by atoms with Crippen LogP contribution in [0.15, 0.2) is 48.5 Å². The second-order valence-corrected chi connectivity index (χ2v) is 5.98. The lowest BCUT2D eigenvalue weighted by molar-refractivity contribution is -0.127. The molecule has 0 spiro atoms. The summed E-state index contributed by atoms with van der Waals surface area (Å²) in [5.74, 6) is -1.20. The van der Waals surface area contributed by atoms with Gasteiger partial charge in [0.1, 0.15) is 11.9 Å². The molecule has 0 aliphatic carbocycles. The third-order valence-electron chi connectivity index (χ3n) is 4.22. The molecule has 1 unspecified atom stereocenters. The second kappa shape index (κ2) is 6.83. The van der Waals surface area contributed by atoms with Crippen LogP contribution in [-0.4, -0.2) is 35.8 Å². The monoisotopic (exact) mass is 326 g/mol. The molecule has 1 heterocycles. The van der Waals surface area contributed by atoms with Gasteiger partial charge in [0.25, 0.3) is 5.91 Å². The highest BCUT2D eigenvalue weighted by Gasteiger charge is 2.34. The van der Waals surface area contributed by atoms with Gasteiger partial charge >= 0.3 is 0 Å². The molecule has 0 aromatic heterocycles. The van der Waals surface area contributed by atoms with Crippen molar-refractivity contribution < 1.29 is 14.0 Å². The number of carbonyl (C=O) groups is 2. The maximum Gasteiger partial charge on any atom is 0.257 e. The molecule has 124 valence electrons. The maximum atomic E-state index is 14.2. The minimum absolute atomic E-state index is 0.00774. The van der Waals surface area contributed by atoms with Gasteiger partial charge in [-0.25, -0.2) is 4.39 Å². The summed E-state index contributed by atoms with van der Waals surface area (Å²) in [5.41, 5.74) is 1.72. The zero-order chi connectivity index (χ0) is 17.1. The molecule has 1 saturated heterocycles. The average molecular weight is 326 g/mol. The van der Waals surface area contributed by atoms with E-state index in [4.69, 9.17) is 0 Å². The first-order chi connectivity index (χ1) is 11.6. The molecule has 2 amide bonds. The highest BCUT2D eigenvalue weighted by Crippen LogP contribution is 2.18. The van der Waals surface area contributed by atoms with Crippen molar-refractivity contribution in [2.24, 2.45) is 0 Å². The maximum absolute atomic E-state index is 14.2. The number of piperazine rings is 1. The zero-order valence-electron chi connectivity index (χ0n) is 13.5. The second-order valence-electron chi connectivity index (χ2n) is 5.98. The normalized spacial score (nSPS) is 17.5. The quantitative estimate of drug-likeness (QED) is 0.941. The van der Waals surface area contributed by atoms with Crippen molar-refractivity contribution in [2.75, 3.05) is 13.1 Å². The molecule has 1 aliphatic heterocycles. The number of amides is 2. The number of nitrogens with one attached hydrogen (secondary N) is 1. The summed E-state index contributed by atoms with van der Waals surface area (Å²) in [6, 6.07) is 13.4. The van der Waals surface area contributed by atoms with E-state index in [9.17, 15) is 14.0 Å². The van der Waals surface area contributed by atoms with Crippen molar-refractivity contribution in [3.05, 3.63) is 71.0 Å². The van der Waals surface area contributed by atoms with Crippen LogP contribution in [0.2, 0.25) is 0 Å². The highest BCUT2D eigenvalue weighted by molar-refractivity contribution is 5.98. The molecule has 1 aliphatic rings. The SMILES string of the molecule is Cc1ccc(C(=O)N2CCNC(=O)C2Cc2ccccc2)c(F)c1. The number of carbonyl (C=O) groups excluding carboxylic acids is 2. The van der Waals surface area contributed by atoms with Gasteiger partial charge in [-0.05, 0) is 30.2 Å². The molecule has 3 rings (SSSR count). The fourth-order valence-electron chi connectivity index (χ4n) is 2.95. The standard InChI is InChI=1S/C19H19FN2O2/c1-13-7-8-15(16(20)11-13)19(24)22-10-9-21-18(23)17(22)12-14-5-3-2-4-6-14/h2-8,11,17H,9-10,12H2,1H3,(H,21,23). The lowest BCUT2D eigenvalue weighted by atomic mass is 10.0. The number of rotatable bonds is 3. The molecule has 2 aromatic rings. The first kappa shape index (κ1) is 16.2. The number of hydrogen-bond donors (Lipinski definition) is 1. The molecule has 0 radical (unpaired) electrons. The van der Waals surface area contributed by atoms with Crippen molar-refractivity contribution in [3.8, 4) is 0 Å². The Bertz CT molecular complexity index is 761. The van der Waals surface area contributed by atoms with E-state index < -0.39 is 17.8 Å². The largest absolute Gasteiger partial charge is 0.353 e. The van der Waals surface area contributed by atoms with Gasteiger partial charge < -0.3 is 10.2 Å². The number of nitrogens with zero attached hydrogens (tertiary/aromatic N) is 1. The summed E-state index contributed by atoms with van der Waals surface area (Å²) in [4.78, 5) is 26.5. The fraction of sp³-hybridized carbons (Fsp3) is 0.263. The molecular weight excluding hydrogens is 307 g/mol. The molecule has 0 bridgehead atoms. The number of halogens is 1. The van der Waals surface area contributed by atoms with Gasteiger partial charge in [0.15, 0.2) is 0 Å². The smallest absolute Gasteiger partial charge is 0.257 e. The molecule has 2 aromatic carbocycles. The lowest BCUT2D eigenvalue weighted by Gasteiger charge is -2.35. The van der Waals surface area contributed by atoms with Crippen molar-refractivity contribution in [1.82, 2.24) is 10.2 Å². The van der Waals surface area contributed by atoms with Gasteiger partial charge in [-0.3, -0.25) is 9.59 Å². The van der Waals surface area contributed by atoms with E-state index in [1.165, 1.54) is 17.0 Å². The minimum Gasteiger partial charge on any atom is -0.353 e. The van der Waals surface area contributed by atoms with Gasteiger partial charge in [0.2, 0.25) is 5.91 Å². The van der Waals surface area contributed by atoms with E-state index >= 15 is 0 Å². The van der Waals surface area contributed by atoms with E-state index in [1.807, 2.05) is 30.3 Å².